The predicted molar refractivity (Wildman–Crippen MR) is 113 cm³/mol. The van der Waals surface area contributed by atoms with Gasteiger partial charge in [-0.2, -0.15) is 5.10 Å². The first-order valence-corrected chi connectivity index (χ1v) is 9.55. The third-order valence-electron chi connectivity index (χ3n) is 4.78. The van der Waals surface area contributed by atoms with Gasteiger partial charge in [0, 0.05) is 38.3 Å². The van der Waals surface area contributed by atoms with Crippen LogP contribution in [0, 0.1) is 5.41 Å². The Bertz CT molecular complexity index is 1240. The Kier molecular flexibility index (Phi) is 4.53. The highest BCUT2D eigenvalue weighted by molar-refractivity contribution is 5.82. The van der Waals surface area contributed by atoms with Gasteiger partial charge >= 0.3 is 5.69 Å². The number of fused-ring (bicyclic) bond motifs is 1. The molecule has 0 radical (unpaired) electrons. The number of ether oxygens (including phenoxy) is 1. The van der Waals surface area contributed by atoms with Crippen LogP contribution in [0.4, 0.5) is 0 Å². The Morgan fingerprint density at radius 2 is 1.83 bits per heavy atom. The van der Waals surface area contributed by atoms with Crippen molar-refractivity contribution in [2.24, 2.45) is 19.5 Å². The fourth-order valence-electron chi connectivity index (χ4n) is 3.40. The molecule has 0 amide bonds. The molecule has 4 aromatic rings. The fourth-order valence-corrected chi connectivity index (χ4v) is 3.40. The summed E-state index contributed by atoms with van der Waals surface area (Å²) in [6, 6.07) is 13.4. The van der Waals surface area contributed by atoms with Crippen molar-refractivity contribution in [2.45, 2.75) is 27.3 Å². The molecule has 1 aromatic carbocycles. The van der Waals surface area contributed by atoms with Crippen molar-refractivity contribution in [2.75, 3.05) is 0 Å². The molecular weight excluding hydrogens is 366 g/mol. The van der Waals surface area contributed by atoms with E-state index in [2.05, 4.69) is 30.9 Å². The minimum absolute atomic E-state index is 0.00618. The summed E-state index contributed by atoms with van der Waals surface area (Å²) in [5.74, 6) is 1.11. The smallest absolute Gasteiger partial charge is 0.328 e. The Balaban J connectivity index is 1.74. The Labute approximate surface area is 169 Å². The van der Waals surface area contributed by atoms with E-state index in [0.29, 0.717) is 18.3 Å². The van der Waals surface area contributed by atoms with Gasteiger partial charge in [0.05, 0.1) is 22.9 Å². The Morgan fingerprint density at radius 3 is 2.52 bits per heavy atom. The first-order valence-electron chi connectivity index (χ1n) is 9.55. The van der Waals surface area contributed by atoms with Gasteiger partial charge in [-0.15, -0.1) is 0 Å². The van der Waals surface area contributed by atoms with E-state index in [9.17, 15) is 4.79 Å². The second-order valence-corrected chi connectivity index (χ2v) is 8.45. The second-order valence-electron chi connectivity index (χ2n) is 8.45. The monoisotopic (exact) mass is 391 g/mol. The molecule has 0 aliphatic heterocycles. The van der Waals surface area contributed by atoms with E-state index in [4.69, 9.17) is 4.74 Å². The van der Waals surface area contributed by atoms with Crippen LogP contribution in [0.25, 0.3) is 22.3 Å². The number of pyridine rings is 1. The maximum absolute atomic E-state index is 12.8. The molecule has 150 valence electrons. The van der Waals surface area contributed by atoms with E-state index in [-0.39, 0.29) is 11.1 Å². The molecule has 0 unspecified atom stereocenters. The number of aromatic nitrogens is 5. The maximum Gasteiger partial charge on any atom is 0.328 e. The molecule has 0 fully saturated rings. The summed E-state index contributed by atoms with van der Waals surface area (Å²) in [4.78, 5) is 17.4. The first kappa shape index (κ1) is 19.0. The number of aryl methyl sites for hydroxylation is 2. The van der Waals surface area contributed by atoms with Crippen molar-refractivity contribution in [3.8, 4) is 23.0 Å². The topological polar surface area (TPSA) is 66.9 Å². The van der Waals surface area contributed by atoms with Crippen molar-refractivity contribution in [3.05, 3.63) is 59.1 Å². The largest absolute Gasteiger partial charge is 0.421 e. The zero-order valence-corrected chi connectivity index (χ0v) is 17.4. The molecule has 0 atom stereocenters. The Hall–Kier alpha value is -3.35. The van der Waals surface area contributed by atoms with Crippen LogP contribution in [-0.2, 0) is 20.6 Å². The van der Waals surface area contributed by atoms with E-state index < -0.39 is 0 Å². The van der Waals surface area contributed by atoms with Gasteiger partial charge in [0.2, 0.25) is 11.8 Å². The fraction of sp³-hybridized carbons (Fsp3) is 0.318. The van der Waals surface area contributed by atoms with Crippen LogP contribution in [0.1, 0.15) is 20.8 Å². The lowest BCUT2D eigenvalue weighted by atomic mass is 9.97. The molecule has 3 aromatic heterocycles. The molecule has 4 rings (SSSR count). The third kappa shape index (κ3) is 3.68. The van der Waals surface area contributed by atoms with Gasteiger partial charge in [0.25, 0.3) is 0 Å². The van der Waals surface area contributed by atoms with E-state index in [1.54, 1.807) is 21.5 Å². The maximum atomic E-state index is 12.8. The summed E-state index contributed by atoms with van der Waals surface area (Å²) in [7, 11) is 3.62. The number of rotatable bonds is 4. The average Bonchev–Trinajstić information content (AvgIpc) is 3.17. The molecule has 0 N–H and O–H groups in total. The zero-order chi connectivity index (χ0) is 20.8. The van der Waals surface area contributed by atoms with Gasteiger partial charge in [0.1, 0.15) is 0 Å². The van der Waals surface area contributed by atoms with Gasteiger partial charge in [0.15, 0.2) is 0 Å². The second kappa shape index (κ2) is 6.92. The lowest BCUT2D eigenvalue weighted by Crippen LogP contribution is -2.27. The van der Waals surface area contributed by atoms with Gasteiger partial charge in [-0.3, -0.25) is 9.13 Å². The number of nitrogens with zero attached hydrogens (tertiary/aromatic N) is 5. The van der Waals surface area contributed by atoms with Crippen molar-refractivity contribution in [1.82, 2.24) is 23.9 Å². The summed E-state index contributed by atoms with van der Waals surface area (Å²) in [6.45, 7) is 7.05. The summed E-state index contributed by atoms with van der Waals surface area (Å²) in [5.41, 5.74) is 3.53. The lowest BCUT2D eigenvalue weighted by molar-refractivity contribution is 0.342. The van der Waals surface area contributed by atoms with Gasteiger partial charge in [-0.1, -0.05) is 32.9 Å². The molecular formula is C22H25N5O2. The van der Waals surface area contributed by atoms with Crippen LogP contribution >= 0.6 is 0 Å². The van der Waals surface area contributed by atoms with Crippen LogP contribution in [0.3, 0.4) is 0 Å². The molecule has 0 spiro atoms. The highest BCUT2D eigenvalue weighted by Gasteiger charge is 2.18. The van der Waals surface area contributed by atoms with Crippen molar-refractivity contribution in [1.29, 1.82) is 0 Å². The molecule has 7 nitrogen and oxygen atoms in total. The molecule has 29 heavy (non-hydrogen) atoms. The minimum Gasteiger partial charge on any atom is -0.421 e. The van der Waals surface area contributed by atoms with Gasteiger partial charge in [-0.25, -0.2) is 14.5 Å². The molecule has 0 saturated carbocycles. The lowest BCUT2D eigenvalue weighted by Gasteiger charge is -2.18. The normalized spacial score (nSPS) is 11.9. The molecule has 0 saturated heterocycles. The number of imidazole rings is 1. The summed E-state index contributed by atoms with van der Waals surface area (Å²) in [6.07, 6.45) is 1.68. The van der Waals surface area contributed by atoms with E-state index in [1.807, 2.05) is 55.1 Å². The molecule has 0 aliphatic rings. The van der Waals surface area contributed by atoms with Crippen molar-refractivity contribution >= 4 is 11.0 Å². The van der Waals surface area contributed by atoms with Crippen LogP contribution in [0.5, 0.6) is 11.8 Å². The molecule has 0 aliphatic carbocycles. The predicted octanol–water partition coefficient (Wildman–Crippen LogP) is 3.97. The van der Waals surface area contributed by atoms with Crippen LogP contribution < -0.4 is 10.4 Å². The molecule has 7 heteroatoms. The van der Waals surface area contributed by atoms with Crippen molar-refractivity contribution < 1.29 is 4.74 Å². The van der Waals surface area contributed by atoms with Crippen LogP contribution in [-0.4, -0.2) is 23.9 Å². The molecule has 3 heterocycles. The average molecular weight is 391 g/mol. The van der Waals surface area contributed by atoms with E-state index in [1.165, 1.54) is 0 Å². The summed E-state index contributed by atoms with van der Waals surface area (Å²) in [5, 5.41) is 4.10. The summed E-state index contributed by atoms with van der Waals surface area (Å²) < 4.78 is 11.0. The quantitative estimate of drug-likeness (QED) is 0.528. The van der Waals surface area contributed by atoms with Gasteiger partial charge in [-0.05, 0) is 23.6 Å². The van der Waals surface area contributed by atoms with E-state index >= 15 is 0 Å². The van der Waals surface area contributed by atoms with Crippen molar-refractivity contribution in [3.63, 3.8) is 0 Å². The summed E-state index contributed by atoms with van der Waals surface area (Å²) >= 11 is 0. The highest BCUT2D eigenvalue weighted by Crippen LogP contribution is 2.27. The van der Waals surface area contributed by atoms with Crippen LogP contribution in [0.15, 0.2) is 53.5 Å². The Morgan fingerprint density at radius 1 is 1.03 bits per heavy atom. The first-order chi connectivity index (χ1) is 13.7. The van der Waals surface area contributed by atoms with Crippen LogP contribution in [0.2, 0.25) is 0 Å². The van der Waals surface area contributed by atoms with E-state index in [0.717, 1.165) is 22.3 Å². The number of benzene rings is 1. The minimum atomic E-state index is -0.00618. The molecule has 0 bridgehead atoms. The highest BCUT2D eigenvalue weighted by atomic mass is 16.5. The standard InChI is InChI=1S/C22H25N5O2/c1-22(2,3)14-27-17-10-9-15(13-18(17)25(4)21(27)28)16-7-6-8-19(24-16)29-20-11-12-23-26(20)5/h6-13H,14H2,1-5H3. The number of hydrogen-bond acceptors (Lipinski definition) is 4. The number of hydrogen-bond donors (Lipinski definition) is 0. The SMILES string of the molecule is Cn1nccc1Oc1cccc(-c2ccc3c(c2)n(C)c(=O)n3CC(C)(C)C)n1. The third-order valence-corrected chi connectivity index (χ3v) is 4.78. The van der Waals surface area contributed by atoms with Gasteiger partial charge < -0.3 is 4.74 Å². The zero-order valence-electron chi connectivity index (χ0n) is 17.4.